The molecule has 1 aliphatic heterocycles. The average Bonchev–Trinajstić information content (AvgIpc) is 2.24. The van der Waals surface area contributed by atoms with Crippen LogP contribution in [0.5, 0.6) is 0 Å². The Hall–Kier alpha value is -0.810. The molecule has 0 spiro atoms. The molecule has 0 unspecified atom stereocenters. The highest BCUT2D eigenvalue weighted by Gasteiger charge is 2.23. The first-order valence-corrected chi connectivity index (χ1v) is 6.14. The lowest BCUT2D eigenvalue weighted by Crippen LogP contribution is -2.41. The Balaban J connectivity index is 2.23. The van der Waals surface area contributed by atoms with Crippen LogP contribution in [0.3, 0.4) is 0 Å². The molecule has 1 aliphatic rings. The van der Waals surface area contributed by atoms with E-state index in [1.54, 1.807) is 0 Å². The van der Waals surface area contributed by atoms with Gasteiger partial charge in [-0.15, -0.1) is 0 Å². The van der Waals surface area contributed by atoms with E-state index < -0.39 is 11.7 Å². The second-order valence-electron chi connectivity index (χ2n) is 5.38. The number of hydrogen-bond donors (Lipinski definition) is 2. The summed E-state index contributed by atoms with van der Waals surface area (Å²) in [7, 11) is 0. The Morgan fingerprint density at radius 2 is 2.06 bits per heavy atom. The van der Waals surface area contributed by atoms with Gasteiger partial charge in [-0.2, -0.15) is 0 Å². The van der Waals surface area contributed by atoms with E-state index in [0.29, 0.717) is 6.54 Å². The zero-order valence-corrected chi connectivity index (χ0v) is 10.9. The summed E-state index contributed by atoms with van der Waals surface area (Å²) >= 11 is 0. The third-order valence-corrected chi connectivity index (χ3v) is 2.51. The summed E-state index contributed by atoms with van der Waals surface area (Å²) in [4.78, 5) is 11.4. The Kier molecular flexibility index (Phi) is 5.21. The van der Waals surface area contributed by atoms with Crippen molar-refractivity contribution in [2.75, 3.05) is 13.2 Å². The maximum absolute atomic E-state index is 11.4. The quantitative estimate of drug-likeness (QED) is 0.789. The van der Waals surface area contributed by atoms with Gasteiger partial charge in [-0.1, -0.05) is 0 Å². The molecule has 1 amide bonds. The largest absolute Gasteiger partial charge is 0.444 e. The predicted molar refractivity (Wildman–Crippen MR) is 63.8 cm³/mol. The minimum Gasteiger partial charge on any atom is -0.444 e. The number of nitrogens with one attached hydrogen (secondary N) is 1. The number of ether oxygens (including phenoxy) is 2. The van der Waals surface area contributed by atoms with Gasteiger partial charge in [0.25, 0.3) is 0 Å². The Bertz CT molecular complexity index is 249. The van der Waals surface area contributed by atoms with E-state index in [9.17, 15) is 4.79 Å². The number of rotatable bonds is 3. The Morgan fingerprint density at radius 3 is 2.65 bits per heavy atom. The molecule has 0 aliphatic carbocycles. The van der Waals surface area contributed by atoms with Gasteiger partial charge in [0.2, 0.25) is 0 Å². The maximum Gasteiger partial charge on any atom is 0.407 e. The van der Waals surface area contributed by atoms with Crippen molar-refractivity contribution in [3.63, 3.8) is 0 Å². The van der Waals surface area contributed by atoms with E-state index >= 15 is 0 Å². The van der Waals surface area contributed by atoms with Crippen molar-refractivity contribution in [3.8, 4) is 0 Å². The zero-order chi connectivity index (χ0) is 12.9. The van der Waals surface area contributed by atoms with E-state index in [4.69, 9.17) is 14.6 Å². The highest BCUT2D eigenvalue weighted by molar-refractivity contribution is 5.67. The van der Waals surface area contributed by atoms with Gasteiger partial charge in [-0.3, -0.25) is 0 Å². The summed E-state index contributed by atoms with van der Waals surface area (Å²) in [5.74, 6) is 0. The van der Waals surface area contributed by atoms with Crippen LogP contribution in [0, 0.1) is 0 Å². The number of carbonyl (C=O) groups excluding carboxylic acids is 1. The molecule has 1 rings (SSSR count). The summed E-state index contributed by atoms with van der Waals surface area (Å²) in [6.45, 7) is 5.96. The number of aliphatic hydroxyl groups is 1. The standard InChI is InChI=1S/C12H23NO4/c1-12(2,3)17-11(15)13-7-9-5-4-6-10(8-14)16-9/h9-10,14H,4-8H2,1-3H3,(H,13,15)/t9-,10-/m1/s1. The van der Waals surface area contributed by atoms with Crippen molar-refractivity contribution in [1.82, 2.24) is 5.32 Å². The van der Waals surface area contributed by atoms with E-state index in [1.165, 1.54) is 0 Å². The van der Waals surface area contributed by atoms with Crippen LogP contribution in [0.1, 0.15) is 40.0 Å². The summed E-state index contributed by atoms with van der Waals surface area (Å²) < 4.78 is 10.7. The summed E-state index contributed by atoms with van der Waals surface area (Å²) in [6.07, 6.45) is 2.28. The second kappa shape index (κ2) is 6.21. The SMILES string of the molecule is CC(C)(C)OC(=O)NC[C@H]1CCC[C@H](CO)O1. The van der Waals surface area contributed by atoms with Crippen LogP contribution in [-0.2, 0) is 9.47 Å². The van der Waals surface area contributed by atoms with Crippen LogP contribution in [0.2, 0.25) is 0 Å². The van der Waals surface area contributed by atoms with Gasteiger partial charge in [0.15, 0.2) is 0 Å². The minimum absolute atomic E-state index is 0.0200. The third-order valence-electron chi connectivity index (χ3n) is 2.51. The number of carbonyl (C=O) groups is 1. The van der Waals surface area contributed by atoms with Crippen molar-refractivity contribution in [3.05, 3.63) is 0 Å². The van der Waals surface area contributed by atoms with Crippen molar-refractivity contribution in [2.45, 2.75) is 57.8 Å². The molecular weight excluding hydrogens is 222 g/mol. The Labute approximate surface area is 102 Å². The molecule has 100 valence electrons. The molecule has 1 saturated heterocycles. The van der Waals surface area contributed by atoms with Crippen LogP contribution in [0.15, 0.2) is 0 Å². The number of alkyl carbamates (subject to hydrolysis) is 1. The Morgan fingerprint density at radius 1 is 1.41 bits per heavy atom. The molecule has 2 atom stereocenters. The molecule has 0 radical (unpaired) electrons. The van der Waals surface area contributed by atoms with Gasteiger partial charge in [0.05, 0.1) is 18.8 Å². The molecule has 1 heterocycles. The molecule has 5 nitrogen and oxygen atoms in total. The predicted octanol–water partition coefficient (Wildman–Crippen LogP) is 1.44. The van der Waals surface area contributed by atoms with Gasteiger partial charge < -0.3 is 19.9 Å². The van der Waals surface area contributed by atoms with E-state index in [-0.39, 0.29) is 18.8 Å². The first-order valence-electron chi connectivity index (χ1n) is 6.14. The highest BCUT2D eigenvalue weighted by Crippen LogP contribution is 2.18. The molecule has 2 N–H and O–H groups in total. The maximum atomic E-state index is 11.4. The topological polar surface area (TPSA) is 67.8 Å². The average molecular weight is 245 g/mol. The molecule has 1 fully saturated rings. The molecule has 0 saturated carbocycles. The smallest absolute Gasteiger partial charge is 0.407 e. The summed E-state index contributed by atoms with van der Waals surface area (Å²) in [5.41, 5.74) is -0.481. The molecule has 0 aromatic rings. The van der Waals surface area contributed by atoms with Crippen LogP contribution in [0.25, 0.3) is 0 Å². The lowest BCUT2D eigenvalue weighted by molar-refractivity contribution is -0.0705. The fourth-order valence-electron chi connectivity index (χ4n) is 1.78. The normalized spacial score (nSPS) is 25.4. The van der Waals surface area contributed by atoms with Crippen molar-refractivity contribution in [2.24, 2.45) is 0 Å². The van der Waals surface area contributed by atoms with Crippen molar-refractivity contribution in [1.29, 1.82) is 0 Å². The molecule has 17 heavy (non-hydrogen) atoms. The van der Waals surface area contributed by atoms with Gasteiger partial charge >= 0.3 is 6.09 Å². The number of aliphatic hydroxyl groups excluding tert-OH is 1. The summed E-state index contributed by atoms with van der Waals surface area (Å²) in [6, 6.07) is 0. The number of amides is 1. The summed E-state index contributed by atoms with van der Waals surface area (Å²) in [5, 5.41) is 11.7. The van der Waals surface area contributed by atoms with Crippen LogP contribution >= 0.6 is 0 Å². The van der Waals surface area contributed by atoms with Crippen molar-refractivity contribution < 1.29 is 19.4 Å². The van der Waals surface area contributed by atoms with Gasteiger partial charge in [-0.25, -0.2) is 4.79 Å². The van der Waals surface area contributed by atoms with Crippen LogP contribution in [0.4, 0.5) is 4.79 Å². The number of hydrogen-bond acceptors (Lipinski definition) is 4. The van der Waals surface area contributed by atoms with Crippen LogP contribution < -0.4 is 5.32 Å². The first kappa shape index (κ1) is 14.3. The lowest BCUT2D eigenvalue weighted by Gasteiger charge is -2.29. The fourth-order valence-corrected chi connectivity index (χ4v) is 1.78. The molecular formula is C12H23NO4. The zero-order valence-electron chi connectivity index (χ0n) is 10.9. The van der Waals surface area contributed by atoms with Gasteiger partial charge in [0, 0.05) is 6.54 Å². The third kappa shape index (κ3) is 5.89. The van der Waals surface area contributed by atoms with Gasteiger partial charge in [-0.05, 0) is 40.0 Å². The lowest BCUT2D eigenvalue weighted by atomic mass is 10.0. The molecule has 5 heteroatoms. The molecule has 0 bridgehead atoms. The van der Waals surface area contributed by atoms with E-state index in [2.05, 4.69) is 5.32 Å². The highest BCUT2D eigenvalue weighted by atomic mass is 16.6. The van der Waals surface area contributed by atoms with E-state index in [0.717, 1.165) is 19.3 Å². The van der Waals surface area contributed by atoms with E-state index in [1.807, 2.05) is 20.8 Å². The molecule has 0 aromatic heterocycles. The first-order chi connectivity index (χ1) is 7.90. The monoisotopic (exact) mass is 245 g/mol. The second-order valence-corrected chi connectivity index (χ2v) is 5.38. The van der Waals surface area contributed by atoms with Gasteiger partial charge in [0.1, 0.15) is 5.60 Å². The van der Waals surface area contributed by atoms with Crippen molar-refractivity contribution >= 4 is 6.09 Å². The minimum atomic E-state index is -0.481. The molecule has 0 aromatic carbocycles. The fraction of sp³-hybridized carbons (Fsp3) is 0.917. The van der Waals surface area contributed by atoms with Crippen LogP contribution in [-0.4, -0.2) is 42.2 Å².